The summed E-state index contributed by atoms with van der Waals surface area (Å²) in [5, 5.41) is 11.2. The summed E-state index contributed by atoms with van der Waals surface area (Å²) >= 11 is 1.14. The smallest absolute Gasteiger partial charge is 0.277 e. The molecule has 0 aliphatic carbocycles. The third-order valence-electron chi connectivity index (χ3n) is 5.15. The highest BCUT2D eigenvalue weighted by molar-refractivity contribution is 7.99. The van der Waals surface area contributed by atoms with Gasteiger partial charge in [-0.1, -0.05) is 36.0 Å². The molecule has 10 heteroatoms. The number of para-hydroxylation sites is 4. The number of carbonyl (C=O) groups is 2. The Labute approximate surface area is 188 Å². The first-order valence-electron chi connectivity index (χ1n) is 10.1. The first-order chi connectivity index (χ1) is 15.6. The molecule has 1 N–H and O–H groups in total. The second-order valence-corrected chi connectivity index (χ2v) is 8.37. The first kappa shape index (κ1) is 20.4. The average molecular weight is 452 g/mol. The minimum absolute atomic E-state index is 0.0827. The molecule has 0 bridgehead atoms. The van der Waals surface area contributed by atoms with Crippen LogP contribution in [-0.4, -0.2) is 40.4 Å². The van der Waals surface area contributed by atoms with E-state index in [2.05, 4.69) is 15.5 Å². The summed E-state index contributed by atoms with van der Waals surface area (Å²) in [6.45, 7) is 2.11. The Balaban J connectivity index is 1.26. The second-order valence-electron chi connectivity index (χ2n) is 7.44. The number of hydrogen-bond donors (Lipinski definition) is 1. The van der Waals surface area contributed by atoms with Gasteiger partial charge in [-0.15, -0.1) is 10.2 Å². The lowest BCUT2D eigenvalue weighted by Crippen LogP contribution is -2.40. The summed E-state index contributed by atoms with van der Waals surface area (Å²) in [4.78, 5) is 26.9. The number of benzene rings is 2. The van der Waals surface area contributed by atoms with E-state index in [1.54, 1.807) is 11.0 Å². The van der Waals surface area contributed by atoms with Crippen LogP contribution in [0.15, 0.2) is 58.2 Å². The van der Waals surface area contributed by atoms with Crippen LogP contribution in [0.25, 0.3) is 0 Å². The Morgan fingerprint density at radius 1 is 1.16 bits per heavy atom. The Hall–Kier alpha value is -3.53. The summed E-state index contributed by atoms with van der Waals surface area (Å²) in [6.07, 6.45) is -0.298. The van der Waals surface area contributed by atoms with Gasteiger partial charge in [-0.2, -0.15) is 0 Å². The van der Waals surface area contributed by atoms with E-state index in [-0.39, 0.29) is 47.8 Å². The van der Waals surface area contributed by atoms with E-state index in [9.17, 15) is 9.59 Å². The topological polar surface area (TPSA) is 107 Å². The maximum absolute atomic E-state index is 13.1. The molecule has 2 aromatic carbocycles. The molecule has 3 heterocycles. The molecule has 2 aliphatic heterocycles. The van der Waals surface area contributed by atoms with Gasteiger partial charge < -0.3 is 24.1 Å². The van der Waals surface area contributed by atoms with E-state index < -0.39 is 6.10 Å². The Morgan fingerprint density at radius 3 is 2.81 bits per heavy atom. The maximum atomic E-state index is 13.1. The fourth-order valence-corrected chi connectivity index (χ4v) is 4.34. The van der Waals surface area contributed by atoms with Crippen LogP contribution in [0.2, 0.25) is 0 Å². The van der Waals surface area contributed by atoms with Crippen LogP contribution in [-0.2, 0) is 9.59 Å². The predicted molar refractivity (Wildman–Crippen MR) is 117 cm³/mol. The highest BCUT2D eigenvalue weighted by Gasteiger charge is 2.31. The zero-order chi connectivity index (χ0) is 22.1. The van der Waals surface area contributed by atoms with Crippen molar-refractivity contribution in [1.29, 1.82) is 0 Å². The molecule has 0 radical (unpaired) electrons. The molecule has 3 aromatic rings. The van der Waals surface area contributed by atoms with E-state index in [1.165, 1.54) is 0 Å². The van der Waals surface area contributed by atoms with Crippen molar-refractivity contribution in [2.45, 2.75) is 30.7 Å². The van der Waals surface area contributed by atoms with E-state index in [4.69, 9.17) is 13.9 Å². The molecule has 2 atom stereocenters. The van der Waals surface area contributed by atoms with E-state index >= 15 is 0 Å². The Kier molecular flexibility index (Phi) is 5.44. The standard InChI is InChI=1S/C22H20N4O5S/c1-13-10-19(27)23-14-6-2-3-7-15(14)26(13)20(28)12-32-22-25-24-21(31-22)18-11-29-16-8-4-5-9-17(16)30-18/h2-9,13,18H,10-12H2,1H3,(H,23,27)/t13-,18-/m0/s1. The summed E-state index contributed by atoms with van der Waals surface area (Å²) in [5.41, 5.74) is 1.30. The van der Waals surface area contributed by atoms with Crippen molar-refractivity contribution in [2.24, 2.45) is 0 Å². The molecule has 2 amide bonds. The van der Waals surface area contributed by atoms with Crippen molar-refractivity contribution in [3.05, 3.63) is 54.4 Å². The lowest BCUT2D eigenvalue weighted by Gasteiger charge is -2.27. The lowest BCUT2D eigenvalue weighted by molar-refractivity contribution is -0.117. The summed E-state index contributed by atoms with van der Waals surface area (Å²) in [7, 11) is 0. The molecular formula is C22H20N4O5S. The largest absolute Gasteiger partial charge is 0.485 e. The Bertz CT molecular complexity index is 1170. The highest BCUT2D eigenvalue weighted by atomic mass is 32.2. The monoisotopic (exact) mass is 452 g/mol. The number of thioether (sulfide) groups is 1. The molecule has 0 saturated heterocycles. The molecule has 9 nitrogen and oxygen atoms in total. The SMILES string of the molecule is C[C@H]1CC(=O)Nc2ccccc2N1C(=O)CSc1nnc([C@@H]2COc3ccccc3O2)o1. The number of ether oxygens (including phenoxy) is 2. The number of nitrogens with zero attached hydrogens (tertiary/aromatic N) is 3. The quantitative estimate of drug-likeness (QED) is 0.600. The van der Waals surface area contributed by atoms with Crippen molar-refractivity contribution in [3.8, 4) is 11.5 Å². The van der Waals surface area contributed by atoms with Crippen LogP contribution in [0, 0.1) is 0 Å². The molecule has 32 heavy (non-hydrogen) atoms. The molecule has 1 aromatic heterocycles. The van der Waals surface area contributed by atoms with Gasteiger partial charge in [0.25, 0.3) is 11.1 Å². The molecule has 164 valence electrons. The van der Waals surface area contributed by atoms with E-state index in [0.717, 1.165) is 11.8 Å². The molecule has 5 rings (SSSR count). The normalized spacial score (nSPS) is 19.7. The van der Waals surface area contributed by atoms with Gasteiger partial charge in [0.15, 0.2) is 11.5 Å². The van der Waals surface area contributed by atoms with Crippen molar-refractivity contribution in [3.63, 3.8) is 0 Å². The Morgan fingerprint density at radius 2 is 1.94 bits per heavy atom. The number of amides is 2. The van der Waals surface area contributed by atoms with Gasteiger partial charge in [-0.25, -0.2) is 0 Å². The van der Waals surface area contributed by atoms with Crippen LogP contribution in [0.1, 0.15) is 25.3 Å². The second kappa shape index (κ2) is 8.54. The minimum Gasteiger partial charge on any atom is -0.485 e. The van der Waals surface area contributed by atoms with Gasteiger partial charge in [0.1, 0.15) is 6.61 Å². The summed E-state index contributed by atoms with van der Waals surface area (Å²) < 4.78 is 17.3. The summed E-state index contributed by atoms with van der Waals surface area (Å²) in [5.74, 6) is 1.38. The fourth-order valence-electron chi connectivity index (χ4n) is 3.71. The fraction of sp³-hybridized carbons (Fsp3) is 0.273. The number of aromatic nitrogens is 2. The predicted octanol–water partition coefficient (Wildman–Crippen LogP) is 3.44. The molecule has 0 saturated carbocycles. The van der Waals surface area contributed by atoms with Crippen molar-refractivity contribution in [1.82, 2.24) is 10.2 Å². The van der Waals surface area contributed by atoms with Gasteiger partial charge >= 0.3 is 0 Å². The van der Waals surface area contributed by atoms with Gasteiger partial charge in [-0.3, -0.25) is 9.59 Å². The number of rotatable bonds is 4. The van der Waals surface area contributed by atoms with E-state index in [0.29, 0.717) is 22.9 Å². The van der Waals surface area contributed by atoms with Crippen LogP contribution in [0.3, 0.4) is 0 Å². The summed E-state index contributed by atoms with van der Waals surface area (Å²) in [6, 6.07) is 14.4. The number of nitrogens with one attached hydrogen (secondary N) is 1. The maximum Gasteiger partial charge on any atom is 0.277 e. The minimum atomic E-state index is -0.517. The molecular weight excluding hydrogens is 432 g/mol. The third kappa shape index (κ3) is 4.01. The van der Waals surface area contributed by atoms with E-state index in [1.807, 2.05) is 49.4 Å². The van der Waals surface area contributed by atoms with Crippen LogP contribution in [0.4, 0.5) is 11.4 Å². The van der Waals surface area contributed by atoms with Crippen LogP contribution in [0.5, 0.6) is 11.5 Å². The van der Waals surface area contributed by atoms with Gasteiger partial charge in [0.2, 0.25) is 17.9 Å². The van der Waals surface area contributed by atoms with Crippen LogP contribution >= 0.6 is 11.8 Å². The van der Waals surface area contributed by atoms with Gasteiger partial charge in [0.05, 0.1) is 17.1 Å². The number of fused-ring (bicyclic) bond motifs is 2. The van der Waals surface area contributed by atoms with Crippen molar-refractivity contribution in [2.75, 3.05) is 22.6 Å². The number of hydrogen-bond acceptors (Lipinski definition) is 8. The molecule has 0 fully saturated rings. The number of carbonyl (C=O) groups excluding carboxylic acids is 2. The molecule has 0 spiro atoms. The average Bonchev–Trinajstić information content (AvgIpc) is 3.23. The van der Waals surface area contributed by atoms with Crippen molar-refractivity contribution >= 4 is 35.0 Å². The zero-order valence-electron chi connectivity index (χ0n) is 17.2. The third-order valence-corrected chi connectivity index (χ3v) is 5.96. The van der Waals surface area contributed by atoms with Crippen LogP contribution < -0.4 is 19.7 Å². The number of anilines is 2. The first-order valence-corrected chi connectivity index (χ1v) is 11.1. The lowest BCUT2D eigenvalue weighted by atomic mass is 10.2. The van der Waals surface area contributed by atoms with Gasteiger partial charge in [0, 0.05) is 12.5 Å². The van der Waals surface area contributed by atoms with Crippen molar-refractivity contribution < 1.29 is 23.5 Å². The highest BCUT2D eigenvalue weighted by Crippen LogP contribution is 2.36. The molecule has 2 aliphatic rings. The zero-order valence-corrected chi connectivity index (χ0v) is 18.0. The molecule has 0 unspecified atom stereocenters. The van der Waals surface area contributed by atoms with Gasteiger partial charge in [-0.05, 0) is 31.2 Å².